The maximum absolute atomic E-state index is 13.2. The lowest BCUT2D eigenvalue weighted by Crippen LogP contribution is -2.46. The lowest BCUT2D eigenvalue weighted by atomic mass is 9.89. The predicted molar refractivity (Wildman–Crippen MR) is 127 cm³/mol. The molecule has 2 aromatic rings. The SMILES string of the molecule is C[C@H]1CC[C@H](c2ccc(CN3CCOCC3)cc2)N(C(=O)C(=O)Nc2cncc(C(N)=O)c2)C1. The lowest BCUT2D eigenvalue weighted by molar-refractivity contribution is -0.146. The summed E-state index contributed by atoms with van der Waals surface area (Å²) in [6.07, 6.45) is 4.46. The Morgan fingerprint density at radius 3 is 2.56 bits per heavy atom. The van der Waals surface area contributed by atoms with E-state index in [1.165, 1.54) is 24.0 Å². The van der Waals surface area contributed by atoms with Crippen molar-refractivity contribution in [2.75, 3.05) is 38.2 Å². The highest BCUT2D eigenvalue weighted by Crippen LogP contribution is 2.33. The Morgan fingerprint density at radius 2 is 1.85 bits per heavy atom. The van der Waals surface area contributed by atoms with Crippen LogP contribution in [0.25, 0.3) is 0 Å². The summed E-state index contributed by atoms with van der Waals surface area (Å²) in [6, 6.07) is 9.58. The molecule has 3 heterocycles. The van der Waals surface area contributed by atoms with Crippen LogP contribution in [0.15, 0.2) is 42.7 Å². The van der Waals surface area contributed by atoms with Gasteiger partial charge >= 0.3 is 11.8 Å². The third-order valence-electron chi connectivity index (χ3n) is 6.43. The highest BCUT2D eigenvalue weighted by atomic mass is 16.5. The summed E-state index contributed by atoms with van der Waals surface area (Å²) in [6.45, 7) is 6.84. The first-order chi connectivity index (χ1) is 16.4. The summed E-state index contributed by atoms with van der Waals surface area (Å²) in [5.74, 6) is -1.71. The number of aromatic nitrogens is 1. The molecule has 0 saturated carbocycles. The maximum Gasteiger partial charge on any atom is 0.313 e. The van der Waals surface area contributed by atoms with E-state index in [0.717, 1.165) is 51.3 Å². The van der Waals surface area contributed by atoms with Crippen LogP contribution in [0.3, 0.4) is 0 Å². The zero-order chi connectivity index (χ0) is 24.1. The fraction of sp³-hybridized carbons (Fsp3) is 0.440. The van der Waals surface area contributed by atoms with Crippen molar-refractivity contribution in [1.29, 1.82) is 0 Å². The number of amides is 3. The fourth-order valence-electron chi connectivity index (χ4n) is 4.54. The first kappa shape index (κ1) is 23.8. The summed E-state index contributed by atoms with van der Waals surface area (Å²) in [4.78, 5) is 45.3. The van der Waals surface area contributed by atoms with E-state index in [1.54, 1.807) is 4.90 Å². The lowest BCUT2D eigenvalue weighted by Gasteiger charge is -2.38. The number of anilines is 1. The number of likely N-dealkylation sites (tertiary alicyclic amines) is 1. The molecule has 0 unspecified atom stereocenters. The molecule has 9 nitrogen and oxygen atoms in total. The van der Waals surface area contributed by atoms with Crippen molar-refractivity contribution in [3.05, 3.63) is 59.4 Å². The quantitative estimate of drug-likeness (QED) is 0.652. The number of nitrogens with one attached hydrogen (secondary N) is 1. The number of pyridine rings is 1. The van der Waals surface area contributed by atoms with Crippen LogP contribution in [0.2, 0.25) is 0 Å². The van der Waals surface area contributed by atoms with Gasteiger partial charge in [0.05, 0.1) is 36.7 Å². The molecule has 0 bridgehead atoms. The van der Waals surface area contributed by atoms with Crippen molar-refractivity contribution < 1.29 is 19.1 Å². The van der Waals surface area contributed by atoms with E-state index >= 15 is 0 Å². The summed E-state index contributed by atoms with van der Waals surface area (Å²) < 4.78 is 5.42. The molecule has 1 aromatic heterocycles. The normalized spacial score (nSPS) is 21.1. The van der Waals surface area contributed by atoms with Crippen molar-refractivity contribution in [1.82, 2.24) is 14.8 Å². The summed E-state index contributed by atoms with van der Waals surface area (Å²) in [7, 11) is 0. The summed E-state index contributed by atoms with van der Waals surface area (Å²) in [5, 5.41) is 2.56. The first-order valence-electron chi connectivity index (χ1n) is 11.7. The molecular formula is C25H31N5O4. The molecule has 0 radical (unpaired) electrons. The zero-order valence-electron chi connectivity index (χ0n) is 19.4. The number of rotatable bonds is 5. The predicted octanol–water partition coefficient (Wildman–Crippen LogP) is 1.95. The van der Waals surface area contributed by atoms with Gasteiger partial charge in [0.15, 0.2) is 0 Å². The van der Waals surface area contributed by atoms with Crippen LogP contribution in [0.1, 0.15) is 47.3 Å². The number of primary amides is 1. The van der Waals surface area contributed by atoms with Crippen molar-refractivity contribution in [2.24, 2.45) is 11.7 Å². The second-order valence-corrected chi connectivity index (χ2v) is 9.07. The second kappa shape index (κ2) is 10.8. The zero-order valence-corrected chi connectivity index (χ0v) is 19.4. The van der Waals surface area contributed by atoms with Gasteiger partial charge in [-0.15, -0.1) is 0 Å². The molecule has 2 atom stereocenters. The average Bonchev–Trinajstić information content (AvgIpc) is 2.85. The Hall–Kier alpha value is -3.30. The van der Waals surface area contributed by atoms with Crippen molar-refractivity contribution in [2.45, 2.75) is 32.4 Å². The Bertz CT molecular complexity index is 1040. The number of hydrogen-bond acceptors (Lipinski definition) is 6. The minimum absolute atomic E-state index is 0.159. The fourth-order valence-corrected chi connectivity index (χ4v) is 4.54. The molecule has 34 heavy (non-hydrogen) atoms. The standard InChI is InChI=1S/C25H31N5O4/c1-17-2-7-22(19-5-3-18(4-6-19)16-29-8-10-34-11-9-29)30(15-17)25(33)24(32)28-21-12-20(23(26)31)13-27-14-21/h3-6,12-14,17,22H,2,7-11,15-16H2,1H3,(H2,26,31)(H,28,32)/t17-,22+/m0/s1. The Morgan fingerprint density at radius 1 is 1.12 bits per heavy atom. The number of nitrogens with zero attached hydrogens (tertiary/aromatic N) is 3. The van der Waals surface area contributed by atoms with Gasteiger partial charge in [0.2, 0.25) is 5.91 Å². The van der Waals surface area contributed by atoms with Crippen LogP contribution >= 0.6 is 0 Å². The van der Waals surface area contributed by atoms with E-state index in [4.69, 9.17) is 10.5 Å². The molecule has 0 aliphatic carbocycles. The molecule has 2 aliphatic heterocycles. The molecule has 3 amide bonds. The van der Waals surface area contributed by atoms with Crippen molar-refractivity contribution in [3.8, 4) is 0 Å². The van der Waals surface area contributed by atoms with Gasteiger partial charge in [0.1, 0.15) is 0 Å². The van der Waals surface area contributed by atoms with E-state index < -0.39 is 17.7 Å². The van der Waals surface area contributed by atoms with Crippen molar-refractivity contribution >= 4 is 23.4 Å². The van der Waals surface area contributed by atoms with Gasteiger partial charge in [-0.25, -0.2) is 0 Å². The van der Waals surface area contributed by atoms with E-state index in [-0.39, 0.29) is 17.3 Å². The minimum Gasteiger partial charge on any atom is -0.379 e. The topological polar surface area (TPSA) is 118 Å². The van der Waals surface area contributed by atoms with Crippen LogP contribution in [0, 0.1) is 5.92 Å². The molecule has 2 aliphatic rings. The molecule has 2 fully saturated rings. The molecule has 1 aromatic carbocycles. The second-order valence-electron chi connectivity index (χ2n) is 9.07. The highest BCUT2D eigenvalue weighted by molar-refractivity contribution is 6.39. The summed E-state index contributed by atoms with van der Waals surface area (Å²) in [5.41, 5.74) is 7.93. The number of nitrogens with two attached hydrogens (primary N) is 1. The number of morpholine rings is 1. The Kier molecular flexibility index (Phi) is 7.54. The van der Waals surface area contributed by atoms with Crippen molar-refractivity contribution in [3.63, 3.8) is 0 Å². The van der Waals surface area contributed by atoms with Crippen LogP contribution in [-0.4, -0.2) is 65.4 Å². The maximum atomic E-state index is 13.2. The van der Waals surface area contributed by atoms with E-state index in [0.29, 0.717) is 12.5 Å². The third-order valence-corrected chi connectivity index (χ3v) is 6.43. The molecule has 3 N–H and O–H groups in total. The van der Waals surface area contributed by atoms with E-state index in [9.17, 15) is 14.4 Å². The number of ether oxygens (including phenoxy) is 1. The van der Waals surface area contributed by atoms with Crippen LogP contribution in [0.4, 0.5) is 5.69 Å². The number of piperidine rings is 1. The minimum atomic E-state index is -0.758. The number of hydrogen-bond donors (Lipinski definition) is 2. The Labute approximate surface area is 199 Å². The Balaban J connectivity index is 1.45. The monoisotopic (exact) mass is 465 g/mol. The number of carbonyl (C=O) groups excluding carboxylic acids is 3. The smallest absolute Gasteiger partial charge is 0.313 e. The van der Waals surface area contributed by atoms with Gasteiger partial charge in [-0.3, -0.25) is 24.3 Å². The van der Waals surface area contributed by atoms with Gasteiger partial charge in [-0.05, 0) is 36.0 Å². The van der Waals surface area contributed by atoms with E-state index in [1.807, 2.05) is 0 Å². The van der Waals surface area contributed by atoms with Crippen LogP contribution in [0.5, 0.6) is 0 Å². The number of carbonyl (C=O) groups is 3. The summed E-state index contributed by atoms with van der Waals surface area (Å²) >= 11 is 0. The van der Waals surface area contributed by atoms with Gasteiger partial charge in [-0.2, -0.15) is 0 Å². The molecule has 0 spiro atoms. The van der Waals surface area contributed by atoms with Crippen LogP contribution < -0.4 is 11.1 Å². The molecule has 180 valence electrons. The number of benzene rings is 1. The van der Waals surface area contributed by atoms with Gasteiger partial charge in [0, 0.05) is 32.4 Å². The van der Waals surface area contributed by atoms with Crippen LogP contribution in [-0.2, 0) is 20.9 Å². The van der Waals surface area contributed by atoms with Gasteiger partial charge in [0.25, 0.3) is 0 Å². The molecule has 4 rings (SSSR count). The van der Waals surface area contributed by atoms with Gasteiger partial charge in [-0.1, -0.05) is 31.2 Å². The van der Waals surface area contributed by atoms with E-state index in [2.05, 4.69) is 46.4 Å². The highest BCUT2D eigenvalue weighted by Gasteiger charge is 2.34. The molecule has 9 heteroatoms. The first-order valence-corrected chi connectivity index (χ1v) is 11.7. The van der Waals surface area contributed by atoms with Gasteiger partial charge < -0.3 is 20.7 Å². The molecular weight excluding hydrogens is 434 g/mol. The largest absolute Gasteiger partial charge is 0.379 e. The average molecular weight is 466 g/mol. The molecule has 2 saturated heterocycles. The third kappa shape index (κ3) is 5.78.